The molecule has 1 amide bonds. The van der Waals surface area contributed by atoms with Gasteiger partial charge in [0, 0.05) is 36.6 Å². The summed E-state index contributed by atoms with van der Waals surface area (Å²) < 4.78 is 33.0. The van der Waals surface area contributed by atoms with Crippen molar-refractivity contribution in [3.8, 4) is 17.0 Å². The first-order valence-corrected chi connectivity index (χ1v) is 12.4. The summed E-state index contributed by atoms with van der Waals surface area (Å²) in [4.78, 5) is 17.5. The number of alkyl halides is 2. The topological polar surface area (TPSA) is 110 Å². The summed E-state index contributed by atoms with van der Waals surface area (Å²) in [6.45, 7) is 8.85. The Morgan fingerprint density at radius 2 is 2.08 bits per heavy atom. The predicted molar refractivity (Wildman–Crippen MR) is 132 cm³/mol. The van der Waals surface area contributed by atoms with Gasteiger partial charge in [0.15, 0.2) is 5.69 Å². The van der Waals surface area contributed by atoms with Crippen LogP contribution in [0.3, 0.4) is 0 Å². The Kier molecular flexibility index (Phi) is 8.40. The molecule has 0 radical (unpaired) electrons. The average molecular weight is 509 g/mol. The number of aromatic nitrogens is 3. The molecule has 2 aromatic heterocycles. The van der Waals surface area contributed by atoms with Crippen molar-refractivity contribution in [2.45, 2.75) is 92.1 Å². The molecule has 3 atom stereocenters. The van der Waals surface area contributed by atoms with Crippen LogP contribution in [0.5, 0.6) is 5.75 Å². The molecule has 0 bridgehead atoms. The Balaban J connectivity index is 1.92. The Morgan fingerprint density at radius 1 is 1.39 bits per heavy atom. The van der Waals surface area contributed by atoms with Crippen molar-refractivity contribution in [1.29, 1.82) is 0 Å². The fourth-order valence-electron chi connectivity index (χ4n) is 4.73. The molecule has 3 N–H and O–H groups in total. The summed E-state index contributed by atoms with van der Waals surface area (Å²) in [6, 6.07) is 1.51. The molecule has 0 aliphatic heterocycles. The van der Waals surface area contributed by atoms with E-state index in [1.165, 1.54) is 12.3 Å². The first kappa shape index (κ1) is 28.0. The van der Waals surface area contributed by atoms with Crippen LogP contribution in [0.2, 0.25) is 0 Å². The lowest BCUT2D eigenvalue weighted by molar-refractivity contribution is -0.106. The highest BCUT2D eigenvalue weighted by molar-refractivity contribution is 5.95. The molecule has 0 spiro atoms. The number of nitrogens with zero attached hydrogens (tertiary/aromatic N) is 3. The van der Waals surface area contributed by atoms with Crippen LogP contribution in [-0.2, 0) is 13.0 Å². The van der Waals surface area contributed by atoms with Crippen LogP contribution in [-0.4, -0.2) is 55.7 Å². The number of halogens is 2. The van der Waals surface area contributed by atoms with E-state index in [4.69, 9.17) is 4.74 Å². The number of rotatable bonds is 8. The summed E-state index contributed by atoms with van der Waals surface area (Å²) in [6.07, 6.45) is 2.72. The minimum absolute atomic E-state index is 0.0299. The van der Waals surface area contributed by atoms with Crippen LogP contribution in [0.25, 0.3) is 11.3 Å². The number of aryl methyl sites for hydroxylation is 1. The molecule has 8 nitrogen and oxygen atoms in total. The lowest BCUT2D eigenvalue weighted by atomic mass is 9.77. The number of hydrogen-bond acceptors (Lipinski definition) is 6. The Labute approximate surface area is 211 Å². The molecule has 36 heavy (non-hydrogen) atoms. The van der Waals surface area contributed by atoms with E-state index >= 15 is 0 Å². The summed E-state index contributed by atoms with van der Waals surface area (Å²) in [5, 5.41) is 28.3. The van der Waals surface area contributed by atoms with E-state index in [0.29, 0.717) is 54.2 Å². The number of carbonyl (C=O) groups is 1. The van der Waals surface area contributed by atoms with Crippen molar-refractivity contribution in [3.05, 3.63) is 29.2 Å². The zero-order valence-electron chi connectivity index (χ0n) is 21.9. The molecule has 1 aliphatic rings. The zero-order valence-corrected chi connectivity index (χ0v) is 21.9. The number of aliphatic hydroxyl groups is 2. The Bertz CT molecular complexity index is 1080. The van der Waals surface area contributed by atoms with Gasteiger partial charge >= 0.3 is 6.61 Å². The molecular formula is C26H38F2N4O4. The van der Waals surface area contributed by atoms with Gasteiger partial charge in [0.1, 0.15) is 11.4 Å². The van der Waals surface area contributed by atoms with Gasteiger partial charge in [0.05, 0.1) is 17.4 Å². The maximum absolute atomic E-state index is 13.3. The molecule has 1 fully saturated rings. The number of hydrogen-bond donors (Lipinski definition) is 3. The first-order chi connectivity index (χ1) is 16.7. The fourth-order valence-corrected chi connectivity index (χ4v) is 4.73. The van der Waals surface area contributed by atoms with E-state index in [1.807, 2.05) is 34.6 Å². The minimum atomic E-state index is -3.03. The molecule has 1 saturated carbocycles. The van der Waals surface area contributed by atoms with Crippen LogP contribution in [0, 0.1) is 18.3 Å². The molecule has 3 rings (SSSR count). The number of amides is 1. The van der Waals surface area contributed by atoms with E-state index in [2.05, 4.69) is 15.4 Å². The van der Waals surface area contributed by atoms with Crippen molar-refractivity contribution in [1.82, 2.24) is 20.1 Å². The van der Waals surface area contributed by atoms with Crippen molar-refractivity contribution in [2.24, 2.45) is 11.3 Å². The quantitative estimate of drug-likeness (QED) is 0.495. The third-order valence-electron chi connectivity index (χ3n) is 6.68. The van der Waals surface area contributed by atoms with Crippen LogP contribution in [0.4, 0.5) is 8.78 Å². The van der Waals surface area contributed by atoms with E-state index < -0.39 is 24.2 Å². The number of ether oxygens (including phenoxy) is 1. The number of pyridine rings is 1. The number of carbonyl (C=O) groups excluding carboxylic acids is 1. The standard InChI is InChI=1S/C26H38F2N4O4/c1-7-32-22(18-13-29-17(12-25(4,5)6)11-19(18)36-24(27)28)16(3)21(31-32)23(34)30-14-26(35)9-8-15(2)10-20(26)33/h11,13,15,20,24,33,35H,7-10,12,14H2,1-6H3,(H,30,34)/t15-,20-,26-/m1/s1. The highest BCUT2D eigenvalue weighted by Crippen LogP contribution is 2.36. The van der Waals surface area contributed by atoms with Crippen molar-refractivity contribution in [3.63, 3.8) is 0 Å². The van der Waals surface area contributed by atoms with Gasteiger partial charge in [-0.05, 0) is 50.9 Å². The number of aliphatic hydroxyl groups excluding tert-OH is 1. The second-order valence-corrected chi connectivity index (χ2v) is 11.1. The molecule has 200 valence electrons. The molecule has 1 aliphatic carbocycles. The first-order valence-electron chi connectivity index (χ1n) is 12.4. The zero-order chi connectivity index (χ0) is 26.8. The van der Waals surface area contributed by atoms with Gasteiger partial charge in [-0.1, -0.05) is 27.7 Å². The smallest absolute Gasteiger partial charge is 0.387 e. The maximum Gasteiger partial charge on any atom is 0.387 e. The maximum atomic E-state index is 13.3. The van der Waals surface area contributed by atoms with Gasteiger partial charge < -0.3 is 20.3 Å². The Morgan fingerprint density at radius 3 is 2.67 bits per heavy atom. The second-order valence-electron chi connectivity index (χ2n) is 11.1. The molecular weight excluding hydrogens is 470 g/mol. The highest BCUT2D eigenvalue weighted by atomic mass is 19.3. The van der Waals surface area contributed by atoms with Crippen LogP contribution in [0.15, 0.2) is 12.3 Å². The monoisotopic (exact) mass is 508 g/mol. The van der Waals surface area contributed by atoms with Gasteiger partial charge in [0.2, 0.25) is 0 Å². The largest absolute Gasteiger partial charge is 0.434 e. The van der Waals surface area contributed by atoms with E-state index in [9.17, 15) is 23.8 Å². The third kappa shape index (κ3) is 6.39. The molecule has 0 unspecified atom stereocenters. The lowest BCUT2D eigenvalue weighted by Crippen LogP contribution is -2.54. The fraction of sp³-hybridized carbons (Fsp3) is 0.654. The second kappa shape index (κ2) is 10.8. The van der Waals surface area contributed by atoms with Gasteiger partial charge in [0.25, 0.3) is 5.91 Å². The molecule has 0 saturated heterocycles. The molecule has 2 aromatic rings. The van der Waals surface area contributed by atoms with E-state index in [1.54, 1.807) is 11.6 Å². The summed E-state index contributed by atoms with van der Waals surface area (Å²) in [5.74, 6) is -0.249. The SMILES string of the molecule is CCn1nc(C(=O)NC[C@]2(O)CC[C@@H](C)C[C@H]2O)c(C)c1-c1cnc(CC(C)(C)C)cc1OC(F)F. The summed E-state index contributed by atoms with van der Waals surface area (Å²) in [7, 11) is 0. The van der Waals surface area contributed by atoms with Gasteiger partial charge in [-0.25, -0.2) is 0 Å². The minimum Gasteiger partial charge on any atom is -0.434 e. The average Bonchev–Trinajstić information content (AvgIpc) is 3.10. The van der Waals surface area contributed by atoms with Gasteiger partial charge in [-0.2, -0.15) is 13.9 Å². The van der Waals surface area contributed by atoms with E-state index in [0.717, 1.165) is 6.42 Å². The van der Waals surface area contributed by atoms with Gasteiger partial charge in [-0.3, -0.25) is 14.5 Å². The Hall–Kier alpha value is -2.59. The molecule has 2 heterocycles. The molecule has 0 aromatic carbocycles. The van der Waals surface area contributed by atoms with Crippen LogP contribution >= 0.6 is 0 Å². The van der Waals surface area contributed by atoms with Gasteiger partial charge in [-0.15, -0.1) is 0 Å². The highest BCUT2D eigenvalue weighted by Gasteiger charge is 2.40. The van der Waals surface area contributed by atoms with Crippen molar-refractivity contribution >= 4 is 5.91 Å². The normalized spacial score (nSPS) is 22.6. The van der Waals surface area contributed by atoms with Crippen molar-refractivity contribution in [2.75, 3.05) is 6.54 Å². The van der Waals surface area contributed by atoms with Crippen LogP contribution in [0.1, 0.15) is 75.6 Å². The lowest BCUT2D eigenvalue weighted by Gasteiger charge is -2.39. The summed E-state index contributed by atoms with van der Waals surface area (Å²) >= 11 is 0. The third-order valence-corrected chi connectivity index (χ3v) is 6.68. The molecule has 10 heteroatoms. The van der Waals surface area contributed by atoms with Crippen molar-refractivity contribution < 1.29 is 28.5 Å². The predicted octanol–water partition coefficient (Wildman–Crippen LogP) is 4.11. The van der Waals surface area contributed by atoms with Crippen LogP contribution < -0.4 is 10.1 Å². The van der Waals surface area contributed by atoms with E-state index in [-0.39, 0.29) is 23.4 Å². The number of nitrogens with one attached hydrogen (secondary N) is 1. The summed E-state index contributed by atoms with van der Waals surface area (Å²) in [5.41, 5.74) is 0.467.